The summed E-state index contributed by atoms with van der Waals surface area (Å²) >= 11 is 0. The van der Waals surface area contributed by atoms with Crippen LogP contribution in [0.25, 0.3) is 21.6 Å². The minimum atomic E-state index is -4.99. The first-order valence-corrected chi connectivity index (χ1v) is 10.7. The molecular weight excluding hydrogens is 479 g/mol. The second kappa shape index (κ2) is 8.56. The van der Waals surface area contributed by atoms with Gasteiger partial charge in [0.15, 0.2) is 29.0 Å². The summed E-state index contributed by atoms with van der Waals surface area (Å²) < 4.78 is 41.5. The van der Waals surface area contributed by atoms with Gasteiger partial charge in [0.2, 0.25) is 5.95 Å². The highest BCUT2D eigenvalue weighted by Gasteiger charge is 2.49. The third kappa shape index (κ3) is 3.92. The van der Waals surface area contributed by atoms with Crippen molar-refractivity contribution in [3.63, 3.8) is 0 Å². The number of nitrogens with zero attached hydrogens (tertiary/aromatic N) is 7. The van der Waals surface area contributed by atoms with Crippen LogP contribution in [0.2, 0.25) is 0 Å². The molecule has 0 bridgehead atoms. The van der Waals surface area contributed by atoms with E-state index in [1.54, 1.807) is 0 Å². The first-order chi connectivity index (χ1) is 16.0. The number of hydrogen-bond acceptors (Lipinski definition) is 12. The van der Waals surface area contributed by atoms with Gasteiger partial charge in [-0.3, -0.25) is 9.36 Å². The van der Waals surface area contributed by atoms with Crippen molar-refractivity contribution in [3.8, 4) is 0 Å². The molecule has 34 heavy (non-hydrogen) atoms. The van der Waals surface area contributed by atoms with E-state index in [9.17, 15) is 32.4 Å². The molecule has 1 unspecified atom stereocenters. The number of azide groups is 1. The summed E-state index contributed by atoms with van der Waals surface area (Å²) in [5, 5.41) is 35.0. The summed E-state index contributed by atoms with van der Waals surface area (Å²) in [5.41, 5.74) is 14.4. The van der Waals surface area contributed by atoms with E-state index < -0.39 is 51.5 Å². The van der Waals surface area contributed by atoms with Crippen LogP contribution in [0.1, 0.15) is 16.6 Å². The highest BCUT2D eigenvalue weighted by molar-refractivity contribution is 7.86. The molecule has 1 aliphatic heterocycles. The number of Topliss-reactive ketones (excluding diaryl/α,β-unsaturated/α-hetero) is 1. The fourth-order valence-electron chi connectivity index (χ4n) is 3.52. The van der Waals surface area contributed by atoms with E-state index in [-0.39, 0.29) is 28.5 Å². The van der Waals surface area contributed by atoms with Crippen LogP contribution in [0.3, 0.4) is 0 Å². The van der Waals surface area contributed by atoms with Crippen LogP contribution in [-0.2, 0) is 15.0 Å². The Morgan fingerprint density at radius 2 is 1.94 bits per heavy atom. The average Bonchev–Trinajstić information content (AvgIpc) is 3.30. The zero-order chi connectivity index (χ0) is 24.8. The van der Waals surface area contributed by atoms with Crippen molar-refractivity contribution in [2.45, 2.75) is 35.5 Å². The Morgan fingerprint density at radius 1 is 1.26 bits per heavy atom. The van der Waals surface area contributed by atoms with Crippen molar-refractivity contribution in [2.24, 2.45) is 5.11 Å². The number of fused-ring (bicyclic) bond motifs is 1. The molecule has 3 aromatic rings. The SMILES string of the molecule is [N-]=[N+]=Nc1nc2c(N)ncnc2n1[C@@H]1O[C@H](C(O)C(=O)c2ccc(S(=O)(=O)F)cc2)[C@@H](O)[C@H]1O. The van der Waals surface area contributed by atoms with E-state index >= 15 is 0 Å². The molecule has 1 aromatic carbocycles. The zero-order valence-corrected chi connectivity index (χ0v) is 17.6. The second-order valence-corrected chi connectivity index (χ2v) is 8.49. The minimum Gasteiger partial charge on any atom is -0.387 e. The largest absolute Gasteiger partial charge is 0.387 e. The van der Waals surface area contributed by atoms with Gasteiger partial charge in [-0.15, -0.1) is 3.89 Å². The van der Waals surface area contributed by atoms with E-state index in [1.807, 2.05) is 0 Å². The lowest BCUT2D eigenvalue weighted by Gasteiger charge is -2.20. The normalized spacial score (nSPS) is 23.5. The van der Waals surface area contributed by atoms with E-state index in [0.717, 1.165) is 35.2 Å². The number of ether oxygens (including phenoxy) is 1. The molecule has 178 valence electrons. The number of aliphatic hydroxyl groups excluding tert-OH is 3. The standard InChI is InChI=1S/C17H15FN8O7S/c18-34(31,32)7-3-1-6(2-4-7)9(27)10(28)13-11(29)12(30)16(33-13)26-15-8(14(19)21-5-22-15)23-17(26)24-25-20/h1-5,10-13,16,28-30H,(H2,19,21,22)/t10?,11-,12+,13+,16+/m0/s1. The van der Waals surface area contributed by atoms with Gasteiger partial charge in [0, 0.05) is 10.5 Å². The number of aliphatic hydroxyl groups is 3. The van der Waals surface area contributed by atoms with Crippen LogP contribution >= 0.6 is 0 Å². The predicted molar refractivity (Wildman–Crippen MR) is 110 cm³/mol. The lowest BCUT2D eigenvalue weighted by atomic mass is 9.98. The number of aromatic nitrogens is 4. The third-order valence-electron chi connectivity index (χ3n) is 5.15. The molecule has 5 atom stereocenters. The molecule has 0 spiro atoms. The highest BCUT2D eigenvalue weighted by atomic mass is 32.3. The summed E-state index contributed by atoms with van der Waals surface area (Å²) in [6.45, 7) is 0. The molecule has 15 nitrogen and oxygen atoms in total. The smallest absolute Gasteiger partial charge is 0.332 e. The number of benzene rings is 1. The van der Waals surface area contributed by atoms with Gasteiger partial charge in [0.05, 0.1) is 4.90 Å². The maximum absolute atomic E-state index is 13.1. The van der Waals surface area contributed by atoms with E-state index in [2.05, 4.69) is 25.0 Å². The Bertz CT molecular complexity index is 1420. The molecule has 0 amide bonds. The van der Waals surface area contributed by atoms with Gasteiger partial charge in [-0.1, -0.05) is 0 Å². The van der Waals surface area contributed by atoms with Gasteiger partial charge in [-0.2, -0.15) is 8.42 Å². The summed E-state index contributed by atoms with van der Waals surface area (Å²) in [4.78, 5) is 26.4. The minimum absolute atomic E-state index is 0.0122. The number of anilines is 1. The molecule has 1 saturated heterocycles. The van der Waals surface area contributed by atoms with Crippen molar-refractivity contribution < 1.29 is 37.2 Å². The van der Waals surface area contributed by atoms with Gasteiger partial charge in [0.25, 0.3) is 0 Å². The molecule has 0 saturated carbocycles. The molecule has 5 N–H and O–H groups in total. The predicted octanol–water partition coefficient (Wildman–Crippen LogP) is -0.128. The van der Waals surface area contributed by atoms with Crippen LogP contribution in [-0.4, -0.2) is 73.5 Å². The van der Waals surface area contributed by atoms with Crippen molar-refractivity contribution in [2.75, 3.05) is 5.73 Å². The van der Waals surface area contributed by atoms with Crippen molar-refractivity contribution in [1.29, 1.82) is 0 Å². The number of rotatable bonds is 6. The van der Waals surface area contributed by atoms with Crippen LogP contribution in [0.5, 0.6) is 0 Å². The maximum Gasteiger partial charge on any atom is 0.332 e. The summed E-state index contributed by atoms with van der Waals surface area (Å²) in [7, 11) is -4.99. The monoisotopic (exact) mass is 494 g/mol. The van der Waals surface area contributed by atoms with Crippen molar-refractivity contribution in [1.82, 2.24) is 19.5 Å². The van der Waals surface area contributed by atoms with Crippen LogP contribution in [0, 0.1) is 0 Å². The summed E-state index contributed by atoms with van der Waals surface area (Å²) in [5.74, 6) is -1.42. The van der Waals surface area contributed by atoms with Gasteiger partial charge in [-0.05, 0) is 34.9 Å². The van der Waals surface area contributed by atoms with Gasteiger partial charge < -0.3 is 25.8 Å². The van der Waals surface area contributed by atoms with E-state index in [0.29, 0.717) is 0 Å². The fraction of sp³-hybridized carbons (Fsp3) is 0.294. The fourth-order valence-corrected chi connectivity index (χ4v) is 3.98. The van der Waals surface area contributed by atoms with Gasteiger partial charge in [-0.25, -0.2) is 15.0 Å². The number of carbonyl (C=O) groups is 1. The Hall–Kier alpha value is -3.73. The molecule has 4 rings (SSSR count). The number of hydrogen-bond donors (Lipinski definition) is 4. The number of nitrogens with two attached hydrogens (primary N) is 1. The number of imidazole rings is 1. The zero-order valence-electron chi connectivity index (χ0n) is 16.7. The molecule has 2 aromatic heterocycles. The van der Waals surface area contributed by atoms with Crippen LogP contribution in [0.15, 0.2) is 40.6 Å². The number of halogens is 1. The first-order valence-electron chi connectivity index (χ1n) is 9.36. The molecule has 0 aliphatic carbocycles. The Morgan fingerprint density at radius 3 is 2.56 bits per heavy atom. The number of ketones is 1. The number of nitrogen functional groups attached to an aromatic ring is 1. The first kappa shape index (κ1) is 23.4. The topological polar surface area (TPSA) is 240 Å². The van der Waals surface area contributed by atoms with Crippen molar-refractivity contribution in [3.05, 3.63) is 46.6 Å². The average molecular weight is 494 g/mol. The second-order valence-electron chi connectivity index (χ2n) is 7.15. The molecule has 17 heteroatoms. The molecule has 0 radical (unpaired) electrons. The third-order valence-corrected chi connectivity index (χ3v) is 5.99. The lowest BCUT2D eigenvalue weighted by molar-refractivity contribution is -0.0719. The van der Waals surface area contributed by atoms with E-state index in [4.69, 9.17) is 16.0 Å². The number of carbonyl (C=O) groups excluding carboxylic acids is 1. The van der Waals surface area contributed by atoms with Gasteiger partial charge in [0.1, 0.15) is 30.7 Å². The summed E-state index contributed by atoms with van der Waals surface area (Å²) in [6.07, 6.45) is -7.68. The molecule has 3 heterocycles. The van der Waals surface area contributed by atoms with E-state index in [1.165, 1.54) is 0 Å². The summed E-state index contributed by atoms with van der Waals surface area (Å²) in [6, 6.07) is 3.59. The Labute approximate surface area is 189 Å². The lowest BCUT2D eigenvalue weighted by Crippen LogP contribution is -2.42. The Kier molecular flexibility index (Phi) is 5.90. The van der Waals surface area contributed by atoms with Crippen LogP contribution < -0.4 is 5.73 Å². The highest BCUT2D eigenvalue weighted by Crippen LogP contribution is 2.37. The van der Waals surface area contributed by atoms with Crippen LogP contribution in [0.4, 0.5) is 15.7 Å². The molecular formula is C17H15FN8O7S. The maximum atomic E-state index is 13.1. The quantitative estimate of drug-likeness (QED) is 0.116. The molecule has 1 aliphatic rings. The Balaban J connectivity index is 1.66. The van der Waals surface area contributed by atoms with Crippen molar-refractivity contribution >= 4 is 38.9 Å². The van der Waals surface area contributed by atoms with Gasteiger partial charge >= 0.3 is 10.2 Å². The molecule has 1 fully saturated rings.